The highest BCUT2D eigenvalue weighted by atomic mass is 127. The molecule has 3 heteroatoms. The molecule has 1 aliphatic heterocycles. The second-order valence-electron chi connectivity index (χ2n) is 3.35. The summed E-state index contributed by atoms with van der Waals surface area (Å²) in [6, 6.07) is 8.57. The van der Waals surface area contributed by atoms with Crippen molar-refractivity contribution < 1.29 is 0 Å². The van der Waals surface area contributed by atoms with E-state index in [1.54, 1.807) is 0 Å². The van der Waals surface area contributed by atoms with Gasteiger partial charge in [0.25, 0.3) is 0 Å². The third kappa shape index (κ3) is 1.75. The van der Waals surface area contributed by atoms with Crippen LogP contribution in [0.4, 0.5) is 11.4 Å². The van der Waals surface area contributed by atoms with Crippen LogP contribution in [0.1, 0.15) is 6.42 Å². The van der Waals surface area contributed by atoms with E-state index in [0.717, 1.165) is 13.1 Å². The Labute approximate surface area is 93.0 Å². The van der Waals surface area contributed by atoms with Crippen LogP contribution in [0.5, 0.6) is 0 Å². The van der Waals surface area contributed by atoms with Crippen molar-refractivity contribution in [2.75, 3.05) is 28.2 Å². The van der Waals surface area contributed by atoms with Gasteiger partial charge in [-0.05, 0) is 18.6 Å². The monoisotopic (exact) mass is 288 g/mol. The highest BCUT2D eigenvalue weighted by molar-refractivity contribution is 14.1. The summed E-state index contributed by atoms with van der Waals surface area (Å²) in [5.74, 6) is 0. The quantitative estimate of drug-likeness (QED) is 0.535. The smallest absolute Gasteiger partial charge is 0.0691 e. The van der Waals surface area contributed by atoms with E-state index >= 15 is 0 Å². The first-order valence-corrected chi connectivity index (χ1v) is 5.49. The van der Waals surface area contributed by atoms with Crippen molar-refractivity contribution in [3.63, 3.8) is 0 Å². The molecule has 0 bridgehead atoms. The van der Waals surface area contributed by atoms with Gasteiger partial charge in [0, 0.05) is 20.1 Å². The Balaban J connectivity index is 2.45. The third-order valence-corrected chi connectivity index (χ3v) is 3.40. The maximum Gasteiger partial charge on any atom is 0.0691 e. The fraction of sp³-hybridized carbons (Fsp3) is 0.400. The van der Waals surface area contributed by atoms with Crippen molar-refractivity contribution in [1.29, 1.82) is 0 Å². The first kappa shape index (κ1) is 9.12. The van der Waals surface area contributed by atoms with E-state index in [1.807, 2.05) is 0 Å². The molecule has 1 aromatic rings. The van der Waals surface area contributed by atoms with E-state index in [2.05, 4.69) is 62.2 Å². The molecule has 0 saturated heterocycles. The number of rotatable bonds is 0. The molecule has 0 atom stereocenters. The maximum absolute atomic E-state index is 2.39. The summed E-state index contributed by atoms with van der Waals surface area (Å²) in [6.07, 6.45) is 1.23. The highest BCUT2D eigenvalue weighted by Crippen LogP contribution is 2.32. The molecule has 2 nitrogen and oxygen atoms in total. The van der Waals surface area contributed by atoms with Crippen molar-refractivity contribution in [2.45, 2.75) is 6.42 Å². The lowest BCUT2D eigenvalue weighted by Crippen LogP contribution is -2.17. The van der Waals surface area contributed by atoms with Crippen LogP contribution in [0.15, 0.2) is 24.3 Å². The van der Waals surface area contributed by atoms with Gasteiger partial charge < -0.3 is 8.01 Å². The van der Waals surface area contributed by atoms with E-state index in [1.165, 1.54) is 17.8 Å². The van der Waals surface area contributed by atoms with Gasteiger partial charge in [-0.25, -0.2) is 0 Å². The van der Waals surface area contributed by atoms with Gasteiger partial charge in [0.05, 0.1) is 34.2 Å². The molecule has 0 unspecified atom stereocenters. The molecule has 70 valence electrons. The van der Waals surface area contributed by atoms with Gasteiger partial charge in [-0.3, -0.25) is 0 Å². The fourth-order valence-corrected chi connectivity index (χ4v) is 2.43. The predicted molar refractivity (Wildman–Crippen MR) is 65.7 cm³/mol. The topological polar surface area (TPSA) is 6.48 Å². The summed E-state index contributed by atoms with van der Waals surface area (Å²) < 4.78 is 2.30. The predicted octanol–water partition coefficient (Wildman–Crippen LogP) is 2.68. The zero-order chi connectivity index (χ0) is 9.26. The van der Waals surface area contributed by atoms with Crippen LogP contribution in [-0.4, -0.2) is 20.1 Å². The zero-order valence-corrected chi connectivity index (χ0v) is 9.86. The molecule has 0 aromatic heterocycles. The molecule has 1 aliphatic rings. The number of halogens is 1. The molecular weight excluding hydrogens is 275 g/mol. The van der Waals surface area contributed by atoms with E-state index < -0.39 is 0 Å². The molecule has 0 radical (unpaired) electrons. The van der Waals surface area contributed by atoms with Gasteiger partial charge in [-0.15, -0.1) is 0 Å². The molecule has 13 heavy (non-hydrogen) atoms. The Bertz CT molecular complexity index is 272. The lowest BCUT2D eigenvalue weighted by Gasteiger charge is -2.20. The Morgan fingerprint density at radius 2 is 1.85 bits per heavy atom. The van der Waals surface area contributed by atoms with Crippen molar-refractivity contribution in [1.82, 2.24) is 0 Å². The maximum atomic E-state index is 2.39. The van der Waals surface area contributed by atoms with Crippen LogP contribution in [-0.2, 0) is 0 Å². The van der Waals surface area contributed by atoms with Crippen molar-refractivity contribution in [3.05, 3.63) is 24.3 Å². The summed E-state index contributed by atoms with van der Waals surface area (Å²) in [5.41, 5.74) is 2.68. The number of fused-ring (bicyclic) bond motifs is 1. The average molecular weight is 288 g/mol. The lowest BCUT2D eigenvalue weighted by molar-refractivity contribution is 0.827. The number of nitrogens with zero attached hydrogens (tertiary/aromatic N) is 2. The van der Waals surface area contributed by atoms with Crippen molar-refractivity contribution in [3.8, 4) is 0 Å². The first-order chi connectivity index (χ1) is 6.29. The zero-order valence-electron chi connectivity index (χ0n) is 7.70. The van der Waals surface area contributed by atoms with Gasteiger partial charge in [0.1, 0.15) is 0 Å². The Kier molecular flexibility index (Phi) is 2.62. The van der Waals surface area contributed by atoms with Gasteiger partial charge in [-0.1, -0.05) is 12.1 Å². The minimum absolute atomic E-state index is 1.14. The Morgan fingerprint density at radius 3 is 2.62 bits per heavy atom. The molecule has 0 fully saturated rings. The lowest BCUT2D eigenvalue weighted by atomic mass is 10.2. The molecule has 1 aromatic carbocycles. The number of hydrogen-bond acceptors (Lipinski definition) is 2. The normalized spacial score (nSPS) is 16.8. The van der Waals surface area contributed by atoms with E-state index in [0.29, 0.717) is 0 Å². The van der Waals surface area contributed by atoms with Crippen molar-refractivity contribution in [2.24, 2.45) is 0 Å². The second kappa shape index (κ2) is 3.74. The van der Waals surface area contributed by atoms with Crippen LogP contribution in [0.3, 0.4) is 0 Å². The summed E-state index contributed by atoms with van der Waals surface area (Å²) >= 11 is 2.39. The Hall–Kier alpha value is -0.450. The van der Waals surface area contributed by atoms with E-state index in [9.17, 15) is 0 Å². The molecule has 0 aliphatic carbocycles. The van der Waals surface area contributed by atoms with E-state index in [4.69, 9.17) is 0 Å². The second-order valence-corrected chi connectivity index (χ2v) is 4.51. The molecular formula is C10H13IN2. The largest absolute Gasteiger partial charge is 0.373 e. The van der Waals surface area contributed by atoms with Crippen LogP contribution < -0.4 is 8.01 Å². The average Bonchev–Trinajstić information content (AvgIpc) is 2.29. The number of anilines is 2. The minimum Gasteiger partial charge on any atom is -0.373 e. The van der Waals surface area contributed by atoms with Crippen LogP contribution >= 0.6 is 22.9 Å². The molecule has 0 spiro atoms. The van der Waals surface area contributed by atoms with E-state index in [-0.39, 0.29) is 0 Å². The van der Waals surface area contributed by atoms with Gasteiger partial charge in [0.15, 0.2) is 0 Å². The minimum atomic E-state index is 1.14. The number of para-hydroxylation sites is 2. The summed E-state index contributed by atoms with van der Waals surface area (Å²) in [5, 5.41) is 0. The molecule has 0 saturated carbocycles. The molecule has 1 heterocycles. The number of hydrogen-bond donors (Lipinski definition) is 0. The molecule has 0 N–H and O–H groups in total. The standard InChI is InChI=1S/C10H13IN2/c1-12-7-4-8-13(11)10-6-3-2-5-9(10)12/h2-3,5-6H,4,7-8H2,1H3. The van der Waals surface area contributed by atoms with Crippen LogP contribution in [0.2, 0.25) is 0 Å². The first-order valence-electron chi connectivity index (χ1n) is 4.52. The van der Waals surface area contributed by atoms with Gasteiger partial charge in [-0.2, -0.15) is 0 Å². The van der Waals surface area contributed by atoms with Gasteiger partial charge >= 0.3 is 0 Å². The third-order valence-electron chi connectivity index (χ3n) is 2.40. The van der Waals surface area contributed by atoms with Gasteiger partial charge in [0.2, 0.25) is 0 Å². The summed E-state index contributed by atoms with van der Waals surface area (Å²) in [4.78, 5) is 2.33. The molecule has 2 rings (SSSR count). The van der Waals surface area contributed by atoms with Crippen LogP contribution in [0.25, 0.3) is 0 Å². The highest BCUT2D eigenvalue weighted by Gasteiger charge is 2.15. The molecule has 0 amide bonds. The fourth-order valence-electron chi connectivity index (χ4n) is 1.68. The summed E-state index contributed by atoms with van der Waals surface area (Å²) in [7, 11) is 2.16. The van der Waals surface area contributed by atoms with Crippen LogP contribution in [0, 0.1) is 0 Å². The summed E-state index contributed by atoms with van der Waals surface area (Å²) in [6.45, 7) is 2.29. The SMILES string of the molecule is CN1CCCN(I)c2ccccc21. The number of benzene rings is 1. The Morgan fingerprint density at radius 1 is 1.15 bits per heavy atom. The van der Waals surface area contributed by atoms with Crippen molar-refractivity contribution >= 4 is 34.2 Å².